The van der Waals surface area contributed by atoms with E-state index in [0.717, 1.165) is 12.8 Å². The van der Waals surface area contributed by atoms with Gasteiger partial charge in [-0.25, -0.2) is 4.79 Å². The highest BCUT2D eigenvalue weighted by atomic mass is 16.6. The van der Waals surface area contributed by atoms with Crippen LogP contribution in [0.25, 0.3) is 0 Å². The van der Waals surface area contributed by atoms with Crippen LogP contribution in [0.2, 0.25) is 0 Å². The van der Waals surface area contributed by atoms with E-state index >= 15 is 0 Å². The molecule has 4 nitrogen and oxygen atoms in total. The van der Waals surface area contributed by atoms with Gasteiger partial charge in [-0.1, -0.05) is 13.8 Å². The Morgan fingerprint density at radius 1 is 1.41 bits per heavy atom. The van der Waals surface area contributed by atoms with Crippen LogP contribution in [0.4, 0.5) is 4.79 Å². The Bertz CT molecular complexity index is 279. The smallest absolute Gasteiger partial charge is 0.410 e. The van der Waals surface area contributed by atoms with Crippen LogP contribution in [0.15, 0.2) is 0 Å². The minimum Gasteiger partial charge on any atom is -0.444 e. The Kier molecular flexibility index (Phi) is 4.07. The van der Waals surface area contributed by atoms with Gasteiger partial charge in [0.05, 0.1) is 12.6 Å². The Hall–Kier alpha value is -0.770. The maximum absolute atomic E-state index is 12.1. The van der Waals surface area contributed by atoms with Crippen LogP contribution in [-0.2, 0) is 4.74 Å². The van der Waals surface area contributed by atoms with Crippen molar-refractivity contribution in [3.8, 4) is 0 Å². The fourth-order valence-corrected chi connectivity index (χ4v) is 2.52. The first-order chi connectivity index (χ1) is 7.74. The molecule has 1 fully saturated rings. The number of hydrogen-bond donors (Lipinski definition) is 1. The lowest BCUT2D eigenvalue weighted by Crippen LogP contribution is -2.48. The predicted octanol–water partition coefficient (Wildman–Crippen LogP) is 2.55. The first kappa shape index (κ1) is 14.3. The summed E-state index contributed by atoms with van der Waals surface area (Å²) < 4.78 is 5.40. The number of hydrogen-bond acceptors (Lipinski definition) is 3. The van der Waals surface area contributed by atoms with E-state index in [9.17, 15) is 9.90 Å². The summed E-state index contributed by atoms with van der Waals surface area (Å²) in [6.45, 7) is 10.1. The third-order valence-corrected chi connectivity index (χ3v) is 3.51. The SMILES string of the molecule is CCC1(CC)CC(O)CN1C(=O)OC(C)(C)C. The Balaban J connectivity index is 2.84. The number of nitrogens with zero attached hydrogens (tertiary/aromatic N) is 1. The maximum Gasteiger partial charge on any atom is 0.410 e. The molecule has 1 aliphatic heterocycles. The van der Waals surface area contributed by atoms with Crippen molar-refractivity contribution in [1.82, 2.24) is 4.90 Å². The van der Waals surface area contributed by atoms with E-state index in [1.54, 1.807) is 4.90 Å². The summed E-state index contributed by atoms with van der Waals surface area (Å²) in [5, 5.41) is 9.80. The average molecular weight is 243 g/mol. The van der Waals surface area contributed by atoms with E-state index in [0.29, 0.717) is 13.0 Å². The second kappa shape index (κ2) is 4.84. The highest BCUT2D eigenvalue weighted by molar-refractivity contribution is 5.69. The van der Waals surface area contributed by atoms with Crippen LogP contribution < -0.4 is 0 Å². The third-order valence-electron chi connectivity index (χ3n) is 3.51. The molecule has 0 aromatic carbocycles. The largest absolute Gasteiger partial charge is 0.444 e. The predicted molar refractivity (Wildman–Crippen MR) is 66.9 cm³/mol. The van der Waals surface area contributed by atoms with Gasteiger partial charge in [0.25, 0.3) is 0 Å². The number of aliphatic hydroxyl groups is 1. The van der Waals surface area contributed by atoms with Crippen molar-refractivity contribution >= 4 is 6.09 Å². The van der Waals surface area contributed by atoms with Crippen LogP contribution in [0.3, 0.4) is 0 Å². The molecule has 1 rings (SSSR count). The van der Waals surface area contributed by atoms with E-state index in [2.05, 4.69) is 13.8 Å². The topological polar surface area (TPSA) is 49.8 Å². The summed E-state index contributed by atoms with van der Waals surface area (Å²) in [6.07, 6.45) is 1.61. The molecule has 0 aliphatic carbocycles. The zero-order valence-corrected chi connectivity index (χ0v) is 11.6. The lowest BCUT2D eigenvalue weighted by molar-refractivity contribution is 0.00558. The summed E-state index contributed by atoms with van der Waals surface area (Å²) in [7, 11) is 0. The lowest BCUT2D eigenvalue weighted by atomic mass is 9.89. The Morgan fingerprint density at radius 3 is 2.35 bits per heavy atom. The van der Waals surface area contributed by atoms with E-state index in [1.165, 1.54) is 0 Å². The molecule has 1 saturated heterocycles. The second-order valence-corrected chi connectivity index (χ2v) is 5.88. The van der Waals surface area contributed by atoms with Crippen LogP contribution in [0, 0.1) is 0 Å². The molecule has 0 bridgehead atoms. The molecule has 1 atom stereocenters. The number of amides is 1. The first-order valence-corrected chi connectivity index (χ1v) is 6.43. The average Bonchev–Trinajstić information content (AvgIpc) is 2.54. The minimum atomic E-state index is -0.488. The summed E-state index contributed by atoms with van der Waals surface area (Å²) >= 11 is 0. The van der Waals surface area contributed by atoms with Gasteiger partial charge < -0.3 is 9.84 Å². The van der Waals surface area contributed by atoms with Crippen LogP contribution in [0.5, 0.6) is 0 Å². The Labute approximate surface area is 104 Å². The molecule has 0 saturated carbocycles. The number of carbonyl (C=O) groups is 1. The van der Waals surface area contributed by atoms with Gasteiger partial charge >= 0.3 is 6.09 Å². The molecule has 1 N–H and O–H groups in total. The van der Waals surface area contributed by atoms with Crippen LogP contribution in [-0.4, -0.2) is 39.9 Å². The quantitative estimate of drug-likeness (QED) is 0.811. The number of likely N-dealkylation sites (tertiary alicyclic amines) is 1. The van der Waals surface area contributed by atoms with Gasteiger partial charge in [0, 0.05) is 5.54 Å². The lowest BCUT2D eigenvalue weighted by Gasteiger charge is -2.37. The molecule has 1 unspecified atom stereocenters. The van der Waals surface area contributed by atoms with Gasteiger partial charge in [-0.05, 0) is 40.0 Å². The molecule has 4 heteroatoms. The molecular weight excluding hydrogens is 218 g/mol. The minimum absolute atomic E-state index is 0.234. The molecule has 100 valence electrons. The molecule has 0 radical (unpaired) electrons. The monoisotopic (exact) mass is 243 g/mol. The van der Waals surface area contributed by atoms with Crippen LogP contribution in [0.1, 0.15) is 53.9 Å². The zero-order chi connectivity index (χ0) is 13.3. The molecule has 0 aromatic rings. The molecule has 0 spiro atoms. The van der Waals surface area contributed by atoms with Gasteiger partial charge in [0.1, 0.15) is 5.60 Å². The van der Waals surface area contributed by atoms with E-state index < -0.39 is 11.7 Å². The number of ether oxygens (including phenoxy) is 1. The van der Waals surface area contributed by atoms with Crippen molar-refractivity contribution in [3.63, 3.8) is 0 Å². The number of rotatable bonds is 2. The van der Waals surface area contributed by atoms with Crippen molar-refractivity contribution in [2.45, 2.75) is 71.1 Å². The van der Waals surface area contributed by atoms with Gasteiger partial charge in [-0.15, -0.1) is 0 Å². The Morgan fingerprint density at radius 2 is 1.94 bits per heavy atom. The van der Waals surface area contributed by atoms with Crippen molar-refractivity contribution < 1.29 is 14.6 Å². The molecule has 1 aliphatic rings. The standard InChI is InChI=1S/C13H25NO3/c1-6-13(7-2)8-10(15)9-14(13)11(16)17-12(3,4)5/h10,15H,6-9H2,1-5H3. The van der Waals surface area contributed by atoms with Gasteiger partial charge in [0.15, 0.2) is 0 Å². The summed E-state index contributed by atoms with van der Waals surface area (Å²) in [6, 6.07) is 0. The number of carbonyl (C=O) groups excluding carboxylic acids is 1. The maximum atomic E-state index is 12.1. The van der Waals surface area contributed by atoms with Crippen LogP contribution >= 0.6 is 0 Å². The highest BCUT2D eigenvalue weighted by Gasteiger charge is 2.46. The summed E-state index contributed by atoms with van der Waals surface area (Å²) in [5.74, 6) is 0. The molecule has 1 amide bonds. The molecule has 17 heavy (non-hydrogen) atoms. The van der Waals surface area contributed by atoms with E-state index in [-0.39, 0.29) is 11.6 Å². The highest BCUT2D eigenvalue weighted by Crippen LogP contribution is 2.36. The van der Waals surface area contributed by atoms with Gasteiger partial charge in [0.2, 0.25) is 0 Å². The number of aliphatic hydroxyl groups excluding tert-OH is 1. The zero-order valence-electron chi connectivity index (χ0n) is 11.6. The number of β-amino-alcohol motifs (C(OH)–C–C–N with tert-alkyl or cyclic N) is 1. The molecule has 0 aromatic heterocycles. The second-order valence-electron chi connectivity index (χ2n) is 5.88. The van der Waals surface area contributed by atoms with Crippen molar-refractivity contribution in [1.29, 1.82) is 0 Å². The van der Waals surface area contributed by atoms with E-state index in [1.807, 2.05) is 20.8 Å². The van der Waals surface area contributed by atoms with Gasteiger partial charge in [-0.3, -0.25) is 4.90 Å². The normalized spacial score (nSPS) is 23.9. The summed E-state index contributed by atoms with van der Waals surface area (Å²) in [5.41, 5.74) is -0.723. The van der Waals surface area contributed by atoms with Crippen molar-refractivity contribution in [2.24, 2.45) is 0 Å². The molecular formula is C13H25NO3. The fourth-order valence-electron chi connectivity index (χ4n) is 2.52. The van der Waals surface area contributed by atoms with E-state index in [4.69, 9.17) is 4.74 Å². The molecule has 1 heterocycles. The van der Waals surface area contributed by atoms with Crippen molar-refractivity contribution in [3.05, 3.63) is 0 Å². The third kappa shape index (κ3) is 3.12. The van der Waals surface area contributed by atoms with Crippen molar-refractivity contribution in [2.75, 3.05) is 6.54 Å². The summed E-state index contributed by atoms with van der Waals surface area (Å²) in [4.78, 5) is 13.8. The first-order valence-electron chi connectivity index (χ1n) is 6.43. The fraction of sp³-hybridized carbons (Fsp3) is 0.923. The van der Waals surface area contributed by atoms with Gasteiger partial charge in [-0.2, -0.15) is 0 Å².